The highest BCUT2D eigenvalue weighted by Gasteiger charge is 2.67. The van der Waals surface area contributed by atoms with Crippen LogP contribution < -0.4 is 10.6 Å². The second-order valence-corrected chi connectivity index (χ2v) is 11.3. The van der Waals surface area contributed by atoms with Gasteiger partial charge in [-0.2, -0.15) is 13.2 Å². The zero-order valence-electron chi connectivity index (χ0n) is 18.9. The Labute approximate surface area is 235 Å². The molecule has 200 valence electrons. The normalized spacial score (nSPS) is 18.3. The van der Waals surface area contributed by atoms with Crippen molar-refractivity contribution < 1.29 is 27.6 Å². The minimum atomic E-state index is -4.48. The molecule has 1 aliphatic carbocycles. The molecule has 1 fully saturated rings. The van der Waals surface area contributed by atoms with Gasteiger partial charge in [-0.3, -0.25) is 14.4 Å². The summed E-state index contributed by atoms with van der Waals surface area (Å²) in [6.07, 6.45) is -4.14. The van der Waals surface area contributed by atoms with Gasteiger partial charge in [-0.1, -0.05) is 34.8 Å². The number of unbranched alkanes of at least 4 members (excludes halogenated alkanes) is 1. The van der Waals surface area contributed by atoms with E-state index in [1.807, 2.05) is 0 Å². The van der Waals surface area contributed by atoms with Gasteiger partial charge in [-0.25, -0.2) is 0 Å². The topological polar surface area (TPSA) is 75.3 Å². The van der Waals surface area contributed by atoms with E-state index in [1.165, 1.54) is 18.2 Å². The minimum absolute atomic E-state index is 0.0103. The van der Waals surface area contributed by atoms with E-state index in [0.29, 0.717) is 21.3 Å². The van der Waals surface area contributed by atoms with Crippen molar-refractivity contribution >= 4 is 81.3 Å². The molecular weight excluding hydrogens is 599 g/mol. The lowest BCUT2D eigenvalue weighted by Crippen LogP contribution is -2.33. The summed E-state index contributed by atoms with van der Waals surface area (Å²) in [5.74, 6) is -2.92. The van der Waals surface area contributed by atoms with E-state index in [9.17, 15) is 27.6 Å². The summed E-state index contributed by atoms with van der Waals surface area (Å²) in [5, 5.41) is 5.37. The largest absolute Gasteiger partial charge is 0.405 e. The molecule has 2 N–H and O–H groups in total. The molecule has 13 heteroatoms. The molecule has 2 aromatic rings. The molecule has 5 nitrogen and oxygen atoms in total. The van der Waals surface area contributed by atoms with Crippen molar-refractivity contribution in [2.24, 2.45) is 5.92 Å². The second-order valence-electron chi connectivity index (χ2n) is 8.54. The zero-order valence-corrected chi connectivity index (χ0v) is 22.7. The van der Waals surface area contributed by atoms with E-state index in [1.54, 1.807) is 23.5 Å². The monoisotopic (exact) mass is 616 g/mol. The molecular formula is C24H20Cl5F3N2O3. The Balaban J connectivity index is 1.57. The van der Waals surface area contributed by atoms with Crippen LogP contribution in [0, 0.1) is 5.92 Å². The Hall–Kier alpha value is -1.71. The summed E-state index contributed by atoms with van der Waals surface area (Å²) >= 11 is 31.0. The third-order valence-corrected chi connectivity index (χ3v) is 7.36. The Morgan fingerprint density at radius 2 is 1.54 bits per heavy atom. The van der Waals surface area contributed by atoms with E-state index in [-0.39, 0.29) is 42.1 Å². The molecule has 2 atom stereocenters. The SMILES string of the molecule is O=C(CCCCC(=O)c1cc(NC(=O)C2C(c3cc(Cl)cc(Cl)c3)C2(Cl)Cl)ccc1Cl)NCC(F)(F)F. The lowest BCUT2D eigenvalue weighted by Gasteiger charge is -2.10. The number of alkyl halides is 5. The van der Waals surface area contributed by atoms with Gasteiger partial charge in [0.05, 0.1) is 10.9 Å². The first-order chi connectivity index (χ1) is 17.2. The predicted octanol–water partition coefficient (Wildman–Crippen LogP) is 7.59. The van der Waals surface area contributed by atoms with Crippen molar-refractivity contribution in [2.75, 3.05) is 11.9 Å². The van der Waals surface area contributed by atoms with Crippen LogP contribution in [0.15, 0.2) is 36.4 Å². The Kier molecular flexibility index (Phi) is 9.67. The molecule has 2 unspecified atom stereocenters. The van der Waals surface area contributed by atoms with Crippen LogP contribution in [0.2, 0.25) is 15.1 Å². The lowest BCUT2D eigenvalue weighted by molar-refractivity contribution is -0.138. The molecule has 0 aromatic heterocycles. The third-order valence-electron chi connectivity index (χ3n) is 5.66. The van der Waals surface area contributed by atoms with Gasteiger partial charge >= 0.3 is 6.18 Å². The summed E-state index contributed by atoms with van der Waals surface area (Å²) in [6, 6.07) is 9.18. The number of amides is 2. The van der Waals surface area contributed by atoms with Gasteiger partial charge in [-0.05, 0) is 54.8 Å². The van der Waals surface area contributed by atoms with Crippen LogP contribution in [-0.2, 0) is 9.59 Å². The first-order valence-electron chi connectivity index (χ1n) is 11.0. The van der Waals surface area contributed by atoms with Gasteiger partial charge in [0.1, 0.15) is 10.9 Å². The number of carbonyl (C=O) groups excluding carboxylic acids is 3. The van der Waals surface area contributed by atoms with Crippen LogP contribution >= 0.6 is 58.0 Å². The van der Waals surface area contributed by atoms with Crippen molar-refractivity contribution in [3.63, 3.8) is 0 Å². The van der Waals surface area contributed by atoms with Gasteiger partial charge < -0.3 is 10.6 Å². The van der Waals surface area contributed by atoms with Crippen molar-refractivity contribution in [3.8, 4) is 0 Å². The third kappa shape index (κ3) is 8.14. The number of Topliss-reactive ketones (excluding diaryl/α,β-unsaturated/α-hetero) is 1. The first-order valence-corrected chi connectivity index (χ1v) is 12.9. The standard InChI is InChI=1S/C24H20Cl5F3N2O3/c25-13-7-12(8-14(26)9-13)20-21(24(20,28)29)22(37)34-15-5-6-17(27)16(10-15)18(35)3-1-2-4-19(36)33-11-23(30,31)32/h5-10,20-21H,1-4,11H2,(H,33,36)(H,34,37). The van der Waals surface area contributed by atoms with E-state index >= 15 is 0 Å². The van der Waals surface area contributed by atoms with Crippen LogP contribution in [0.25, 0.3) is 0 Å². The molecule has 0 aliphatic heterocycles. The fraction of sp³-hybridized carbons (Fsp3) is 0.375. The van der Waals surface area contributed by atoms with Crippen LogP contribution in [-0.4, -0.2) is 34.7 Å². The van der Waals surface area contributed by atoms with Crippen LogP contribution in [0.1, 0.15) is 47.5 Å². The number of hydrogen-bond donors (Lipinski definition) is 2. The highest BCUT2D eigenvalue weighted by atomic mass is 35.5. The zero-order chi connectivity index (χ0) is 27.5. The fourth-order valence-electron chi connectivity index (χ4n) is 3.85. The summed E-state index contributed by atoms with van der Waals surface area (Å²) < 4.78 is 35.0. The maximum absolute atomic E-state index is 12.9. The van der Waals surface area contributed by atoms with Crippen LogP contribution in [0.4, 0.5) is 18.9 Å². The van der Waals surface area contributed by atoms with Crippen LogP contribution in [0.3, 0.4) is 0 Å². The number of anilines is 1. The minimum Gasteiger partial charge on any atom is -0.347 e. The maximum Gasteiger partial charge on any atom is 0.405 e. The Morgan fingerprint density at radius 3 is 2.16 bits per heavy atom. The quantitative estimate of drug-likeness (QED) is 0.164. The molecule has 1 saturated carbocycles. The van der Waals surface area contributed by atoms with E-state index in [2.05, 4.69) is 5.32 Å². The second kappa shape index (κ2) is 12.0. The molecule has 1 aliphatic rings. The van der Waals surface area contributed by atoms with Gasteiger partial charge in [0, 0.05) is 40.1 Å². The molecule has 0 saturated heterocycles. The van der Waals surface area contributed by atoms with Gasteiger partial charge in [0.2, 0.25) is 11.8 Å². The van der Waals surface area contributed by atoms with Gasteiger partial charge in [0.25, 0.3) is 0 Å². The highest BCUT2D eigenvalue weighted by Crippen LogP contribution is 2.65. The fourth-order valence-corrected chi connectivity index (χ4v) is 5.45. The average molecular weight is 619 g/mol. The predicted molar refractivity (Wildman–Crippen MR) is 139 cm³/mol. The molecule has 0 bridgehead atoms. The van der Waals surface area contributed by atoms with Crippen LogP contribution in [0.5, 0.6) is 0 Å². The average Bonchev–Trinajstić information content (AvgIpc) is 3.37. The Morgan fingerprint density at radius 1 is 0.919 bits per heavy atom. The summed E-state index contributed by atoms with van der Waals surface area (Å²) in [7, 11) is 0. The maximum atomic E-state index is 12.9. The summed E-state index contributed by atoms with van der Waals surface area (Å²) in [6.45, 7) is -1.40. The molecule has 0 heterocycles. The highest BCUT2D eigenvalue weighted by molar-refractivity contribution is 6.53. The molecule has 2 amide bonds. The first kappa shape index (κ1) is 29.8. The van der Waals surface area contributed by atoms with Gasteiger partial charge in [-0.15, -0.1) is 23.2 Å². The molecule has 0 spiro atoms. The number of nitrogens with one attached hydrogen (secondary N) is 2. The number of benzene rings is 2. The molecule has 0 radical (unpaired) electrons. The molecule has 37 heavy (non-hydrogen) atoms. The number of rotatable bonds is 10. The van der Waals surface area contributed by atoms with Crippen molar-refractivity contribution in [2.45, 2.75) is 42.1 Å². The van der Waals surface area contributed by atoms with E-state index in [4.69, 9.17) is 58.0 Å². The van der Waals surface area contributed by atoms with Crippen molar-refractivity contribution in [3.05, 3.63) is 62.6 Å². The van der Waals surface area contributed by atoms with Crippen molar-refractivity contribution in [1.29, 1.82) is 0 Å². The number of ketones is 1. The van der Waals surface area contributed by atoms with E-state index in [0.717, 1.165) is 0 Å². The number of carbonyl (C=O) groups is 3. The molecule has 2 aromatic carbocycles. The summed E-state index contributed by atoms with van der Waals surface area (Å²) in [5.41, 5.74) is 1.06. The smallest absolute Gasteiger partial charge is 0.347 e. The van der Waals surface area contributed by atoms with Gasteiger partial charge in [0.15, 0.2) is 5.78 Å². The number of halogens is 8. The summed E-state index contributed by atoms with van der Waals surface area (Å²) in [4.78, 5) is 37.0. The Bertz CT molecular complexity index is 1190. The lowest BCUT2D eigenvalue weighted by atomic mass is 10.0. The van der Waals surface area contributed by atoms with E-state index < -0.39 is 40.7 Å². The van der Waals surface area contributed by atoms with Crippen molar-refractivity contribution in [1.82, 2.24) is 5.32 Å². The molecule has 3 rings (SSSR count). The number of hydrogen-bond acceptors (Lipinski definition) is 3.